The predicted octanol–water partition coefficient (Wildman–Crippen LogP) is 3.76. The Morgan fingerprint density at radius 1 is 1.11 bits per heavy atom. The normalized spacial score (nSPS) is 16.6. The van der Waals surface area contributed by atoms with Crippen LogP contribution in [0.25, 0.3) is 0 Å². The SMILES string of the molecule is CN=C(NCCOc1ccccc1)N1CCC(c2ccc(OC)cc2)C1.I. The summed E-state index contributed by atoms with van der Waals surface area (Å²) in [6, 6.07) is 18.3. The lowest BCUT2D eigenvalue weighted by atomic mass is 9.98. The second-order valence-corrected chi connectivity index (χ2v) is 6.34. The van der Waals surface area contributed by atoms with E-state index in [9.17, 15) is 0 Å². The molecular weight excluding hydrogens is 453 g/mol. The number of benzene rings is 2. The molecule has 0 spiro atoms. The van der Waals surface area contributed by atoms with Crippen LogP contribution in [-0.4, -0.2) is 51.3 Å². The quantitative estimate of drug-likeness (QED) is 0.296. The number of halogens is 1. The highest BCUT2D eigenvalue weighted by Crippen LogP contribution is 2.28. The van der Waals surface area contributed by atoms with Gasteiger partial charge in [0.15, 0.2) is 5.96 Å². The maximum absolute atomic E-state index is 5.73. The van der Waals surface area contributed by atoms with Crippen LogP contribution in [0.15, 0.2) is 59.6 Å². The predicted molar refractivity (Wildman–Crippen MR) is 121 cm³/mol. The Morgan fingerprint density at radius 2 is 1.85 bits per heavy atom. The van der Waals surface area contributed by atoms with Crippen molar-refractivity contribution in [2.45, 2.75) is 12.3 Å². The van der Waals surface area contributed by atoms with Crippen LogP contribution in [0.1, 0.15) is 17.9 Å². The van der Waals surface area contributed by atoms with Crippen LogP contribution < -0.4 is 14.8 Å². The number of nitrogens with zero attached hydrogens (tertiary/aromatic N) is 2. The van der Waals surface area contributed by atoms with Crippen molar-refractivity contribution in [1.29, 1.82) is 0 Å². The molecule has 1 aliphatic rings. The number of aliphatic imine (C=N–C) groups is 1. The first-order valence-corrected chi connectivity index (χ1v) is 9.07. The molecular formula is C21H28IN3O2. The zero-order valence-electron chi connectivity index (χ0n) is 15.9. The fourth-order valence-corrected chi connectivity index (χ4v) is 3.28. The van der Waals surface area contributed by atoms with E-state index in [0.29, 0.717) is 12.5 Å². The van der Waals surface area contributed by atoms with E-state index in [1.165, 1.54) is 5.56 Å². The van der Waals surface area contributed by atoms with Crippen molar-refractivity contribution in [3.63, 3.8) is 0 Å². The molecule has 1 atom stereocenters. The van der Waals surface area contributed by atoms with Gasteiger partial charge in [-0.2, -0.15) is 0 Å². The number of guanidine groups is 1. The molecule has 2 aromatic rings. The molecule has 0 aliphatic carbocycles. The number of hydrogen-bond acceptors (Lipinski definition) is 3. The molecule has 6 heteroatoms. The van der Waals surface area contributed by atoms with Gasteiger partial charge in [-0.1, -0.05) is 30.3 Å². The van der Waals surface area contributed by atoms with Crippen molar-refractivity contribution >= 4 is 29.9 Å². The minimum absolute atomic E-state index is 0. The first-order chi connectivity index (χ1) is 12.8. The van der Waals surface area contributed by atoms with Crippen molar-refractivity contribution in [2.75, 3.05) is 40.4 Å². The maximum atomic E-state index is 5.73. The summed E-state index contributed by atoms with van der Waals surface area (Å²) in [6.07, 6.45) is 1.13. The molecule has 1 aliphatic heterocycles. The van der Waals surface area contributed by atoms with Crippen LogP contribution in [0.3, 0.4) is 0 Å². The highest BCUT2D eigenvalue weighted by atomic mass is 127. The molecule has 1 saturated heterocycles. The molecule has 1 unspecified atom stereocenters. The lowest BCUT2D eigenvalue weighted by Crippen LogP contribution is -2.41. The number of hydrogen-bond donors (Lipinski definition) is 1. The molecule has 0 amide bonds. The van der Waals surface area contributed by atoms with Crippen LogP contribution >= 0.6 is 24.0 Å². The van der Waals surface area contributed by atoms with Gasteiger partial charge in [-0.25, -0.2) is 0 Å². The second-order valence-electron chi connectivity index (χ2n) is 6.34. The monoisotopic (exact) mass is 481 g/mol. The van der Waals surface area contributed by atoms with Crippen molar-refractivity contribution in [3.8, 4) is 11.5 Å². The highest BCUT2D eigenvalue weighted by molar-refractivity contribution is 14.0. The Morgan fingerprint density at radius 3 is 2.52 bits per heavy atom. The Balaban J connectivity index is 0.00000261. The highest BCUT2D eigenvalue weighted by Gasteiger charge is 2.25. The number of likely N-dealkylation sites (tertiary alicyclic amines) is 1. The molecule has 1 N–H and O–H groups in total. The summed E-state index contributed by atoms with van der Waals surface area (Å²) in [7, 11) is 3.53. The molecule has 0 bridgehead atoms. The summed E-state index contributed by atoms with van der Waals surface area (Å²) in [5.41, 5.74) is 1.36. The first kappa shape index (κ1) is 21.3. The molecule has 5 nitrogen and oxygen atoms in total. The van der Waals surface area contributed by atoms with Gasteiger partial charge in [0, 0.05) is 26.1 Å². The van der Waals surface area contributed by atoms with E-state index in [4.69, 9.17) is 9.47 Å². The average molecular weight is 481 g/mol. The number of methoxy groups -OCH3 is 1. The van der Waals surface area contributed by atoms with E-state index in [-0.39, 0.29) is 24.0 Å². The fourth-order valence-electron chi connectivity index (χ4n) is 3.28. The van der Waals surface area contributed by atoms with Gasteiger partial charge >= 0.3 is 0 Å². The third-order valence-electron chi connectivity index (χ3n) is 4.68. The van der Waals surface area contributed by atoms with Gasteiger partial charge in [0.1, 0.15) is 18.1 Å². The first-order valence-electron chi connectivity index (χ1n) is 9.07. The Bertz CT molecular complexity index is 707. The lowest BCUT2D eigenvalue weighted by molar-refractivity contribution is 0.319. The topological polar surface area (TPSA) is 46.1 Å². The minimum atomic E-state index is 0. The molecule has 146 valence electrons. The standard InChI is InChI=1S/C21H27N3O2.HI/c1-22-21(23-13-15-26-20-6-4-3-5-7-20)24-14-12-18(16-24)17-8-10-19(25-2)11-9-17;/h3-11,18H,12-16H2,1-2H3,(H,22,23);1H. The number of nitrogens with one attached hydrogen (secondary N) is 1. The lowest BCUT2D eigenvalue weighted by Gasteiger charge is -2.22. The summed E-state index contributed by atoms with van der Waals surface area (Å²) < 4.78 is 11.0. The van der Waals surface area contributed by atoms with E-state index < -0.39 is 0 Å². The summed E-state index contributed by atoms with van der Waals surface area (Å²) in [6.45, 7) is 3.32. The molecule has 1 fully saturated rings. The second kappa shape index (κ2) is 11.0. The molecule has 27 heavy (non-hydrogen) atoms. The smallest absolute Gasteiger partial charge is 0.193 e. The van der Waals surface area contributed by atoms with Gasteiger partial charge in [0.25, 0.3) is 0 Å². The van der Waals surface area contributed by atoms with Crippen LogP contribution in [0.2, 0.25) is 0 Å². The Labute approximate surface area is 178 Å². The number of para-hydroxylation sites is 1. The summed E-state index contributed by atoms with van der Waals surface area (Å²) in [4.78, 5) is 6.74. The molecule has 0 saturated carbocycles. The van der Waals surface area contributed by atoms with Gasteiger partial charge in [-0.15, -0.1) is 24.0 Å². The summed E-state index contributed by atoms with van der Waals surface area (Å²) in [5.74, 6) is 3.27. The summed E-state index contributed by atoms with van der Waals surface area (Å²) >= 11 is 0. The van der Waals surface area contributed by atoms with E-state index in [2.05, 4.69) is 27.3 Å². The number of rotatable bonds is 6. The van der Waals surface area contributed by atoms with Gasteiger partial charge < -0.3 is 19.7 Å². The van der Waals surface area contributed by atoms with Gasteiger partial charge in [0.2, 0.25) is 0 Å². The fraction of sp³-hybridized carbons (Fsp3) is 0.381. The van der Waals surface area contributed by atoms with Crippen LogP contribution in [0, 0.1) is 0 Å². The summed E-state index contributed by atoms with van der Waals surface area (Å²) in [5, 5.41) is 3.40. The van der Waals surface area contributed by atoms with Gasteiger partial charge in [0.05, 0.1) is 13.7 Å². The van der Waals surface area contributed by atoms with Crippen molar-refractivity contribution in [1.82, 2.24) is 10.2 Å². The van der Waals surface area contributed by atoms with Crippen LogP contribution in [-0.2, 0) is 0 Å². The average Bonchev–Trinajstić information content (AvgIpc) is 3.19. The maximum Gasteiger partial charge on any atom is 0.193 e. The van der Waals surface area contributed by atoms with Crippen molar-refractivity contribution < 1.29 is 9.47 Å². The van der Waals surface area contributed by atoms with Crippen LogP contribution in [0.5, 0.6) is 11.5 Å². The van der Waals surface area contributed by atoms with E-state index >= 15 is 0 Å². The van der Waals surface area contributed by atoms with Gasteiger partial charge in [-0.3, -0.25) is 4.99 Å². The molecule has 3 rings (SSSR count). The minimum Gasteiger partial charge on any atom is -0.497 e. The van der Waals surface area contributed by atoms with E-state index in [1.54, 1.807) is 7.11 Å². The molecule has 1 heterocycles. The Hall–Kier alpha value is -1.96. The van der Waals surface area contributed by atoms with Gasteiger partial charge in [-0.05, 0) is 36.2 Å². The third-order valence-corrected chi connectivity index (χ3v) is 4.68. The zero-order chi connectivity index (χ0) is 18.2. The largest absolute Gasteiger partial charge is 0.497 e. The molecule has 2 aromatic carbocycles. The Kier molecular flexibility index (Phi) is 8.71. The van der Waals surface area contributed by atoms with Crippen LogP contribution in [0.4, 0.5) is 0 Å². The molecule has 0 radical (unpaired) electrons. The van der Waals surface area contributed by atoms with E-state index in [0.717, 1.165) is 43.5 Å². The zero-order valence-corrected chi connectivity index (χ0v) is 18.3. The van der Waals surface area contributed by atoms with E-state index in [1.807, 2.05) is 49.5 Å². The molecule has 0 aromatic heterocycles. The van der Waals surface area contributed by atoms with Crippen molar-refractivity contribution in [3.05, 3.63) is 60.2 Å². The number of ether oxygens (including phenoxy) is 2. The van der Waals surface area contributed by atoms with Crippen molar-refractivity contribution in [2.24, 2.45) is 4.99 Å². The third kappa shape index (κ3) is 6.02.